The molecule has 0 spiro atoms. The number of hydrogen-bond acceptors (Lipinski definition) is 4. The molecule has 1 N–H and O–H groups in total. The molecule has 0 atom stereocenters. The predicted molar refractivity (Wildman–Crippen MR) is 75.8 cm³/mol. The Bertz CT molecular complexity index is 742. The van der Waals surface area contributed by atoms with E-state index < -0.39 is 17.7 Å². The lowest BCUT2D eigenvalue weighted by molar-refractivity contribution is -0.143. The van der Waals surface area contributed by atoms with E-state index in [1.807, 2.05) is 0 Å². The molecule has 0 aliphatic carbocycles. The molecule has 0 bridgehead atoms. The van der Waals surface area contributed by atoms with Crippen molar-refractivity contribution in [2.75, 3.05) is 13.1 Å². The Balaban J connectivity index is 1.89. The Morgan fingerprint density at radius 3 is 2.55 bits per heavy atom. The minimum absolute atomic E-state index is 0.164. The van der Waals surface area contributed by atoms with Crippen LogP contribution in [0.4, 0.5) is 4.39 Å². The summed E-state index contributed by atoms with van der Waals surface area (Å²) in [6.07, 6.45) is 3.70. The van der Waals surface area contributed by atoms with Crippen molar-refractivity contribution in [3.63, 3.8) is 0 Å². The van der Waals surface area contributed by atoms with E-state index in [0.717, 1.165) is 6.07 Å². The van der Waals surface area contributed by atoms with Crippen molar-refractivity contribution in [3.8, 4) is 0 Å². The SMILES string of the molecule is O=C(O)C1CCN(C(=O)c2cc(F)cc3nccnc23)CC1. The maximum Gasteiger partial charge on any atom is 0.306 e. The standard InChI is InChI=1S/C15H14FN3O3/c16-10-7-11(13-12(8-10)17-3-4-18-13)14(20)19-5-1-9(2-6-19)15(21)22/h3-4,7-9H,1-2,5-6H2,(H,21,22). The van der Waals surface area contributed by atoms with E-state index in [-0.39, 0.29) is 11.5 Å². The molecule has 0 radical (unpaired) electrons. The number of aromatic nitrogens is 2. The van der Waals surface area contributed by atoms with Crippen LogP contribution in [-0.2, 0) is 4.79 Å². The highest BCUT2D eigenvalue weighted by Gasteiger charge is 2.28. The molecule has 7 heteroatoms. The highest BCUT2D eigenvalue weighted by Crippen LogP contribution is 2.22. The van der Waals surface area contributed by atoms with Crippen LogP contribution in [0.25, 0.3) is 11.0 Å². The molecule has 1 aliphatic rings. The summed E-state index contributed by atoms with van der Waals surface area (Å²) in [5, 5.41) is 8.99. The van der Waals surface area contributed by atoms with Gasteiger partial charge in [-0.3, -0.25) is 19.6 Å². The third kappa shape index (κ3) is 2.61. The molecule has 114 valence electrons. The first-order valence-electron chi connectivity index (χ1n) is 6.98. The van der Waals surface area contributed by atoms with Gasteiger partial charge in [0.15, 0.2) is 0 Å². The quantitative estimate of drug-likeness (QED) is 0.913. The maximum absolute atomic E-state index is 13.7. The number of halogens is 1. The predicted octanol–water partition coefficient (Wildman–Crippen LogP) is 1.71. The fraction of sp³-hybridized carbons (Fsp3) is 0.333. The van der Waals surface area contributed by atoms with Crippen LogP contribution >= 0.6 is 0 Å². The highest BCUT2D eigenvalue weighted by atomic mass is 19.1. The minimum atomic E-state index is -0.839. The zero-order valence-electron chi connectivity index (χ0n) is 11.7. The molecule has 1 aliphatic heterocycles. The zero-order chi connectivity index (χ0) is 15.7. The van der Waals surface area contributed by atoms with E-state index in [1.54, 1.807) is 4.90 Å². The van der Waals surface area contributed by atoms with Gasteiger partial charge in [-0.2, -0.15) is 0 Å². The number of carboxylic acids is 1. The third-order valence-corrected chi connectivity index (χ3v) is 3.90. The molecule has 0 saturated carbocycles. The van der Waals surface area contributed by atoms with Gasteiger partial charge in [0, 0.05) is 31.5 Å². The first-order valence-corrected chi connectivity index (χ1v) is 6.98. The van der Waals surface area contributed by atoms with Crippen LogP contribution in [0, 0.1) is 11.7 Å². The number of carboxylic acid groups (broad SMARTS) is 1. The van der Waals surface area contributed by atoms with Gasteiger partial charge in [0.05, 0.1) is 17.0 Å². The normalized spacial score (nSPS) is 16.0. The molecule has 22 heavy (non-hydrogen) atoms. The summed E-state index contributed by atoms with van der Waals surface area (Å²) < 4.78 is 13.7. The van der Waals surface area contributed by atoms with Crippen molar-refractivity contribution in [2.45, 2.75) is 12.8 Å². The van der Waals surface area contributed by atoms with E-state index in [0.29, 0.717) is 37.0 Å². The van der Waals surface area contributed by atoms with Crippen LogP contribution in [0.3, 0.4) is 0 Å². The van der Waals surface area contributed by atoms with Gasteiger partial charge < -0.3 is 10.0 Å². The zero-order valence-corrected chi connectivity index (χ0v) is 11.7. The number of benzene rings is 1. The van der Waals surface area contributed by atoms with E-state index in [1.165, 1.54) is 18.5 Å². The van der Waals surface area contributed by atoms with Gasteiger partial charge in [-0.05, 0) is 18.9 Å². The lowest BCUT2D eigenvalue weighted by atomic mass is 9.96. The Labute approximate surface area is 125 Å². The molecule has 0 unspecified atom stereocenters. The number of hydrogen-bond donors (Lipinski definition) is 1. The van der Waals surface area contributed by atoms with E-state index in [4.69, 9.17) is 5.11 Å². The fourth-order valence-electron chi connectivity index (χ4n) is 2.70. The van der Waals surface area contributed by atoms with Gasteiger partial charge in [-0.1, -0.05) is 0 Å². The average molecular weight is 303 g/mol. The van der Waals surface area contributed by atoms with Crippen molar-refractivity contribution < 1.29 is 19.1 Å². The minimum Gasteiger partial charge on any atom is -0.481 e. The van der Waals surface area contributed by atoms with Crippen LogP contribution in [-0.4, -0.2) is 44.9 Å². The van der Waals surface area contributed by atoms with Gasteiger partial charge in [-0.15, -0.1) is 0 Å². The lowest BCUT2D eigenvalue weighted by Crippen LogP contribution is -2.40. The number of nitrogens with zero attached hydrogens (tertiary/aromatic N) is 3. The molecule has 1 fully saturated rings. The van der Waals surface area contributed by atoms with E-state index in [2.05, 4.69) is 9.97 Å². The van der Waals surface area contributed by atoms with Gasteiger partial charge in [-0.25, -0.2) is 4.39 Å². The summed E-state index contributed by atoms with van der Waals surface area (Å²) in [5.41, 5.74) is 0.845. The second kappa shape index (κ2) is 5.67. The largest absolute Gasteiger partial charge is 0.481 e. The van der Waals surface area contributed by atoms with Crippen molar-refractivity contribution in [1.82, 2.24) is 14.9 Å². The number of rotatable bonds is 2. The summed E-state index contributed by atoms with van der Waals surface area (Å²) in [4.78, 5) is 33.2. The monoisotopic (exact) mass is 303 g/mol. The van der Waals surface area contributed by atoms with Crippen molar-refractivity contribution in [1.29, 1.82) is 0 Å². The highest BCUT2D eigenvalue weighted by molar-refractivity contribution is 6.04. The number of amides is 1. The van der Waals surface area contributed by atoms with Crippen LogP contribution < -0.4 is 0 Å². The third-order valence-electron chi connectivity index (χ3n) is 3.90. The number of piperidine rings is 1. The van der Waals surface area contributed by atoms with Gasteiger partial charge in [0.25, 0.3) is 5.91 Å². The molecule has 3 rings (SSSR count). The Kier molecular flexibility index (Phi) is 3.70. The Morgan fingerprint density at radius 2 is 1.86 bits per heavy atom. The van der Waals surface area contributed by atoms with Crippen molar-refractivity contribution >= 4 is 22.9 Å². The Hall–Kier alpha value is -2.57. The van der Waals surface area contributed by atoms with Crippen LogP contribution in [0.15, 0.2) is 24.5 Å². The number of fused-ring (bicyclic) bond motifs is 1. The number of likely N-dealkylation sites (tertiary alicyclic amines) is 1. The maximum atomic E-state index is 13.7. The molecule has 1 amide bonds. The fourth-order valence-corrected chi connectivity index (χ4v) is 2.70. The molecule has 1 saturated heterocycles. The van der Waals surface area contributed by atoms with Crippen LogP contribution in [0.1, 0.15) is 23.2 Å². The molecular formula is C15H14FN3O3. The molecule has 2 aromatic rings. The molecular weight excluding hydrogens is 289 g/mol. The molecule has 1 aromatic heterocycles. The summed E-state index contributed by atoms with van der Waals surface area (Å²) in [7, 11) is 0. The molecule has 1 aromatic carbocycles. The summed E-state index contributed by atoms with van der Waals surface area (Å²) in [6, 6.07) is 2.39. The van der Waals surface area contributed by atoms with E-state index in [9.17, 15) is 14.0 Å². The second-order valence-electron chi connectivity index (χ2n) is 5.28. The van der Waals surface area contributed by atoms with Crippen molar-refractivity contribution in [3.05, 3.63) is 35.9 Å². The van der Waals surface area contributed by atoms with Crippen molar-refractivity contribution in [2.24, 2.45) is 5.92 Å². The van der Waals surface area contributed by atoms with E-state index >= 15 is 0 Å². The summed E-state index contributed by atoms with van der Waals surface area (Å²) >= 11 is 0. The second-order valence-corrected chi connectivity index (χ2v) is 5.28. The number of carbonyl (C=O) groups is 2. The first-order chi connectivity index (χ1) is 10.6. The number of aliphatic carboxylic acids is 1. The van der Waals surface area contributed by atoms with Crippen LogP contribution in [0.2, 0.25) is 0 Å². The summed E-state index contributed by atoms with van der Waals surface area (Å²) in [6.45, 7) is 0.683. The number of carbonyl (C=O) groups excluding carboxylic acids is 1. The van der Waals surface area contributed by atoms with Gasteiger partial charge in [0.1, 0.15) is 11.3 Å². The molecule has 2 heterocycles. The van der Waals surface area contributed by atoms with Gasteiger partial charge in [0.2, 0.25) is 0 Å². The smallest absolute Gasteiger partial charge is 0.306 e. The molecule has 6 nitrogen and oxygen atoms in total. The lowest BCUT2D eigenvalue weighted by Gasteiger charge is -2.30. The summed E-state index contributed by atoms with van der Waals surface area (Å²) in [5.74, 6) is -2.15. The van der Waals surface area contributed by atoms with Gasteiger partial charge >= 0.3 is 5.97 Å². The first kappa shape index (κ1) is 14.4. The Morgan fingerprint density at radius 1 is 1.18 bits per heavy atom. The van der Waals surface area contributed by atoms with Crippen LogP contribution in [0.5, 0.6) is 0 Å². The average Bonchev–Trinajstić information content (AvgIpc) is 2.53. The topological polar surface area (TPSA) is 83.4 Å².